The maximum Gasteiger partial charge on any atom is 0.259 e. The van der Waals surface area contributed by atoms with Crippen LogP contribution in [0.15, 0.2) is 23.3 Å². The van der Waals surface area contributed by atoms with Crippen LogP contribution < -0.4 is 5.43 Å². The molecular weight excluding hydrogens is 258 g/mol. The second-order valence-electron chi connectivity index (χ2n) is 5.26. The number of carbonyl (C=O) groups is 1. The quantitative estimate of drug-likeness (QED) is 0.821. The third-order valence-corrected chi connectivity index (χ3v) is 4.07. The highest BCUT2D eigenvalue weighted by Crippen LogP contribution is 2.18. The zero-order chi connectivity index (χ0) is 13.9. The molecule has 1 unspecified atom stereocenters. The lowest BCUT2D eigenvalue weighted by molar-refractivity contribution is 0.0185. The van der Waals surface area contributed by atoms with Gasteiger partial charge in [-0.15, -0.1) is 0 Å². The topological polar surface area (TPSA) is 65.6 Å². The van der Waals surface area contributed by atoms with Crippen molar-refractivity contribution in [3.05, 3.63) is 34.2 Å². The Bertz CT molecular complexity index is 536. The van der Waals surface area contributed by atoms with Gasteiger partial charge in [0.05, 0.1) is 13.2 Å². The maximum absolute atomic E-state index is 12.4. The van der Waals surface area contributed by atoms with Crippen molar-refractivity contribution in [1.29, 1.82) is 0 Å². The highest BCUT2D eigenvalue weighted by molar-refractivity contribution is 5.94. The van der Waals surface area contributed by atoms with Crippen LogP contribution in [0.2, 0.25) is 0 Å². The van der Waals surface area contributed by atoms with Crippen LogP contribution in [-0.2, 0) is 4.74 Å². The van der Waals surface area contributed by atoms with E-state index in [4.69, 9.17) is 4.74 Å². The van der Waals surface area contributed by atoms with Crippen molar-refractivity contribution in [1.82, 2.24) is 14.8 Å². The Labute approximate surface area is 117 Å². The molecule has 0 aromatic carbocycles. The van der Waals surface area contributed by atoms with E-state index in [0.29, 0.717) is 12.6 Å². The Morgan fingerprint density at radius 1 is 1.30 bits per heavy atom. The molecule has 2 fully saturated rings. The molecule has 0 spiro atoms. The van der Waals surface area contributed by atoms with Crippen LogP contribution in [0.5, 0.6) is 0 Å². The van der Waals surface area contributed by atoms with E-state index in [9.17, 15) is 9.59 Å². The molecular formula is C14H19N3O3. The predicted octanol–water partition coefficient (Wildman–Crippen LogP) is -0.0784. The van der Waals surface area contributed by atoms with E-state index in [1.807, 2.05) is 0 Å². The molecule has 6 nitrogen and oxygen atoms in total. The molecule has 3 rings (SSSR count). The van der Waals surface area contributed by atoms with Gasteiger partial charge >= 0.3 is 0 Å². The first-order chi connectivity index (χ1) is 9.75. The van der Waals surface area contributed by atoms with Crippen LogP contribution >= 0.6 is 0 Å². The van der Waals surface area contributed by atoms with Crippen LogP contribution in [-0.4, -0.2) is 66.1 Å². The number of morpholine rings is 1. The number of carbonyl (C=O) groups excluding carboxylic acids is 1. The number of rotatable bonds is 2. The summed E-state index contributed by atoms with van der Waals surface area (Å²) in [5.74, 6) is -0.164. The Hall–Kier alpha value is -1.66. The zero-order valence-corrected chi connectivity index (χ0v) is 11.4. The fourth-order valence-corrected chi connectivity index (χ4v) is 2.92. The smallest absolute Gasteiger partial charge is 0.259 e. The summed E-state index contributed by atoms with van der Waals surface area (Å²) in [5, 5.41) is 0. The second kappa shape index (κ2) is 5.76. The van der Waals surface area contributed by atoms with Crippen LogP contribution in [0.3, 0.4) is 0 Å². The number of nitrogens with one attached hydrogen (secondary N) is 1. The van der Waals surface area contributed by atoms with E-state index in [-0.39, 0.29) is 16.9 Å². The number of H-pyrrole nitrogens is 1. The fourth-order valence-electron chi connectivity index (χ4n) is 2.92. The van der Waals surface area contributed by atoms with E-state index >= 15 is 0 Å². The van der Waals surface area contributed by atoms with Crippen LogP contribution in [0.4, 0.5) is 0 Å². The first-order valence-electron chi connectivity index (χ1n) is 7.04. The van der Waals surface area contributed by atoms with Gasteiger partial charge in [-0.1, -0.05) is 0 Å². The van der Waals surface area contributed by atoms with Gasteiger partial charge in [-0.25, -0.2) is 0 Å². The standard InChI is InChI=1S/C14H19N3O3/c18-13-1-3-15-9-12(13)14(19)17-4-2-11(10-17)16-5-7-20-8-6-16/h1,3,9,11H,2,4-8,10H2,(H,15,18). The van der Waals surface area contributed by atoms with Gasteiger partial charge in [-0.3, -0.25) is 14.5 Å². The molecule has 1 atom stereocenters. The normalized spacial score (nSPS) is 24.0. The molecule has 0 radical (unpaired) electrons. The number of amides is 1. The maximum atomic E-state index is 12.4. The minimum Gasteiger partial charge on any atom is -0.379 e. The summed E-state index contributed by atoms with van der Waals surface area (Å²) in [5.41, 5.74) is 0.0127. The molecule has 1 amide bonds. The molecule has 1 aromatic rings. The molecule has 2 saturated heterocycles. The predicted molar refractivity (Wildman–Crippen MR) is 73.8 cm³/mol. The van der Waals surface area contributed by atoms with Gasteiger partial charge in [0.25, 0.3) is 5.91 Å². The first kappa shape index (κ1) is 13.3. The Morgan fingerprint density at radius 2 is 2.10 bits per heavy atom. The van der Waals surface area contributed by atoms with E-state index < -0.39 is 0 Å². The summed E-state index contributed by atoms with van der Waals surface area (Å²) in [6, 6.07) is 1.79. The number of nitrogens with zero attached hydrogens (tertiary/aromatic N) is 2. The number of likely N-dealkylation sites (tertiary alicyclic amines) is 1. The number of aromatic amines is 1. The molecule has 0 aliphatic carbocycles. The summed E-state index contributed by atoms with van der Waals surface area (Å²) in [6.45, 7) is 4.81. The van der Waals surface area contributed by atoms with Crippen molar-refractivity contribution >= 4 is 5.91 Å². The van der Waals surface area contributed by atoms with Crippen LogP contribution in [0, 0.1) is 0 Å². The van der Waals surface area contributed by atoms with Crippen molar-refractivity contribution in [2.45, 2.75) is 12.5 Å². The zero-order valence-electron chi connectivity index (χ0n) is 11.4. The lowest BCUT2D eigenvalue weighted by atomic mass is 10.2. The summed E-state index contributed by atoms with van der Waals surface area (Å²) >= 11 is 0. The summed E-state index contributed by atoms with van der Waals surface area (Å²) < 4.78 is 5.35. The van der Waals surface area contributed by atoms with Crippen molar-refractivity contribution in [3.8, 4) is 0 Å². The summed E-state index contributed by atoms with van der Waals surface area (Å²) in [7, 11) is 0. The van der Waals surface area contributed by atoms with Crippen molar-refractivity contribution in [2.24, 2.45) is 0 Å². The lowest BCUT2D eigenvalue weighted by Gasteiger charge is -2.32. The van der Waals surface area contributed by atoms with E-state index in [1.165, 1.54) is 12.3 Å². The number of ether oxygens (including phenoxy) is 1. The van der Waals surface area contributed by atoms with E-state index in [2.05, 4.69) is 9.88 Å². The fraction of sp³-hybridized carbons (Fsp3) is 0.571. The van der Waals surface area contributed by atoms with Gasteiger partial charge in [0.1, 0.15) is 5.56 Å². The minimum absolute atomic E-state index is 0.164. The Balaban J connectivity index is 1.66. The summed E-state index contributed by atoms with van der Waals surface area (Å²) in [4.78, 5) is 31.0. The monoisotopic (exact) mass is 277 g/mol. The molecule has 0 saturated carbocycles. The molecule has 2 aliphatic rings. The van der Waals surface area contributed by atoms with Gasteiger partial charge in [-0.2, -0.15) is 0 Å². The number of hydrogen-bond acceptors (Lipinski definition) is 4. The van der Waals surface area contributed by atoms with E-state index in [0.717, 1.165) is 39.3 Å². The first-order valence-corrected chi connectivity index (χ1v) is 7.04. The van der Waals surface area contributed by atoms with Gasteiger partial charge in [0, 0.05) is 50.7 Å². The molecule has 6 heteroatoms. The SMILES string of the molecule is O=C(c1c[nH]ccc1=O)N1CCC(N2CCOCC2)C1. The number of hydrogen-bond donors (Lipinski definition) is 1. The van der Waals surface area contributed by atoms with Crippen LogP contribution in [0.25, 0.3) is 0 Å². The summed E-state index contributed by atoms with van der Waals surface area (Å²) in [6.07, 6.45) is 4.00. The van der Waals surface area contributed by atoms with Gasteiger partial charge < -0.3 is 14.6 Å². The van der Waals surface area contributed by atoms with Gasteiger partial charge in [0.2, 0.25) is 0 Å². The largest absolute Gasteiger partial charge is 0.379 e. The minimum atomic E-state index is -0.219. The molecule has 1 N–H and O–H groups in total. The number of pyridine rings is 1. The van der Waals surface area contributed by atoms with Crippen molar-refractivity contribution < 1.29 is 9.53 Å². The average Bonchev–Trinajstić information content (AvgIpc) is 2.98. The third-order valence-electron chi connectivity index (χ3n) is 4.07. The number of aromatic nitrogens is 1. The third kappa shape index (κ3) is 2.62. The molecule has 2 aliphatic heterocycles. The molecule has 1 aromatic heterocycles. The van der Waals surface area contributed by atoms with Gasteiger partial charge in [-0.05, 0) is 6.42 Å². The lowest BCUT2D eigenvalue weighted by Crippen LogP contribution is -2.45. The van der Waals surface area contributed by atoms with Crippen molar-refractivity contribution in [3.63, 3.8) is 0 Å². The van der Waals surface area contributed by atoms with E-state index in [1.54, 1.807) is 11.1 Å². The van der Waals surface area contributed by atoms with Gasteiger partial charge in [0.15, 0.2) is 5.43 Å². The van der Waals surface area contributed by atoms with Crippen molar-refractivity contribution in [2.75, 3.05) is 39.4 Å². The Kier molecular flexibility index (Phi) is 3.84. The molecule has 0 bridgehead atoms. The highest BCUT2D eigenvalue weighted by atomic mass is 16.5. The second-order valence-corrected chi connectivity index (χ2v) is 5.26. The highest BCUT2D eigenvalue weighted by Gasteiger charge is 2.32. The molecule has 20 heavy (non-hydrogen) atoms. The average molecular weight is 277 g/mol. The Morgan fingerprint density at radius 3 is 2.85 bits per heavy atom. The molecule has 108 valence electrons. The van der Waals surface area contributed by atoms with Crippen LogP contribution in [0.1, 0.15) is 16.8 Å². The molecule has 3 heterocycles.